The molecule has 0 aromatic heterocycles. The molecule has 31 heavy (non-hydrogen) atoms. The molecule has 1 aliphatic carbocycles. The van der Waals surface area contributed by atoms with Gasteiger partial charge < -0.3 is 9.47 Å². The van der Waals surface area contributed by atoms with Crippen LogP contribution in [0, 0.1) is 5.82 Å². The molecule has 0 saturated heterocycles. The maximum absolute atomic E-state index is 14.1. The Kier molecular flexibility index (Phi) is 5.98. The van der Waals surface area contributed by atoms with E-state index in [1.54, 1.807) is 42.5 Å². The summed E-state index contributed by atoms with van der Waals surface area (Å²) in [5.74, 6) is -0.140. The minimum atomic E-state index is -4.56. The molecule has 0 saturated carbocycles. The van der Waals surface area contributed by atoms with Gasteiger partial charge in [-0.1, -0.05) is 42.5 Å². The Hall–Kier alpha value is -3.28. The van der Waals surface area contributed by atoms with Crippen molar-refractivity contribution < 1.29 is 27.0 Å². The number of aryl methyl sites for hydroxylation is 2. The van der Waals surface area contributed by atoms with Crippen LogP contribution in [-0.2, 0) is 24.2 Å². The molecule has 0 amide bonds. The third-order valence-corrected chi connectivity index (χ3v) is 5.13. The van der Waals surface area contributed by atoms with Crippen LogP contribution in [0.25, 0.3) is 5.57 Å². The molecule has 3 aromatic rings. The van der Waals surface area contributed by atoms with Gasteiger partial charge in [-0.2, -0.15) is 13.2 Å². The summed E-state index contributed by atoms with van der Waals surface area (Å²) in [5.41, 5.74) is 1.78. The van der Waals surface area contributed by atoms with Crippen molar-refractivity contribution in [2.24, 2.45) is 0 Å². The van der Waals surface area contributed by atoms with E-state index in [1.807, 2.05) is 0 Å². The Morgan fingerprint density at radius 1 is 0.903 bits per heavy atom. The Bertz CT molecular complexity index is 1090. The lowest BCUT2D eigenvalue weighted by atomic mass is 10.0. The van der Waals surface area contributed by atoms with E-state index in [1.165, 1.54) is 24.3 Å². The minimum Gasteiger partial charge on any atom is -0.496 e. The molecule has 0 heterocycles. The van der Waals surface area contributed by atoms with E-state index in [0.29, 0.717) is 11.3 Å². The average molecular weight is 428 g/mol. The molecule has 0 atom stereocenters. The Morgan fingerprint density at radius 3 is 2.45 bits per heavy atom. The Morgan fingerprint density at radius 2 is 1.68 bits per heavy atom. The maximum atomic E-state index is 14.1. The first-order valence-corrected chi connectivity index (χ1v) is 9.92. The van der Waals surface area contributed by atoms with Crippen molar-refractivity contribution in [2.75, 3.05) is 0 Å². The molecule has 0 unspecified atom stereocenters. The summed E-state index contributed by atoms with van der Waals surface area (Å²) >= 11 is 0. The van der Waals surface area contributed by atoms with E-state index in [4.69, 9.17) is 9.47 Å². The van der Waals surface area contributed by atoms with Gasteiger partial charge in [0.1, 0.15) is 12.4 Å². The number of hydrogen-bond acceptors (Lipinski definition) is 2. The van der Waals surface area contributed by atoms with Crippen molar-refractivity contribution in [3.8, 4) is 11.5 Å². The molecule has 0 N–H and O–H groups in total. The van der Waals surface area contributed by atoms with Crippen molar-refractivity contribution in [3.63, 3.8) is 0 Å². The number of benzene rings is 3. The summed E-state index contributed by atoms with van der Waals surface area (Å²) in [6.45, 7) is -0.157. The van der Waals surface area contributed by atoms with Crippen molar-refractivity contribution in [3.05, 3.63) is 101 Å². The molecule has 0 bridgehead atoms. The topological polar surface area (TPSA) is 18.5 Å². The van der Waals surface area contributed by atoms with Crippen molar-refractivity contribution in [1.29, 1.82) is 0 Å². The zero-order valence-corrected chi connectivity index (χ0v) is 16.6. The summed E-state index contributed by atoms with van der Waals surface area (Å²) in [6.07, 6.45) is -1.18. The standard InChI is InChI=1S/C25H20F4O2/c26-23-12-9-17(13-24(23)31-21-7-2-1-3-8-21)15-30-16-22(25(27,28)29)20-11-10-18-5-4-6-19(18)14-20/h1-3,7-14,16H,4-6,15H2. The second-order valence-corrected chi connectivity index (χ2v) is 7.36. The third kappa shape index (κ3) is 5.08. The van der Waals surface area contributed by atoms with Gasteiger partial charge in [-0.3, -0.25) is 0 Å². The number of alkyl halides is 3. The zero-order chi connectivity index (χ0) is 21.8. The highest BCUT2D eigenvalue weighted by Gasteiger charge is 2.35. The largest absolute Gasteiger partial charge is 0.496 e. The number of para-hydroxylation sites is 1. The van der Waals surface area contributed by atoms with E-state index in [0.717, 1.165) is 36.7 Å². The number of hydrogen-bond donors (Lipinski definition) is 0. The van der Waals surface area contributed by atoms with Crippen LogP contribution in [0.5, 0.6) is 11.5 Å². The molecule has 0 fully saturated rings. The smallest absolute Gasteiger partial charge is 0.419 e. The molecule has 3 aromatic carbocycles. The predicted octanol–water partition coefficient (Wildman–Crippen LogP) is 7.23. The number of rotatable bonds is 6. The molecule has 1 aliphatic rings. The second-order valence-electron chi connectivity index (χ2n) is 7.36. The second kappa shape index (κ2) is 8.84. The minimum absolute atomic E-state index is 0.0223. The number of ether oxygens (including phenoxy) is 2. The summed E-state index contributed by atoms with van der Waals surface area (Å²) in [6, 6.07) is 17.6. The van der Waals surface area contributed by atoms with Crippen LogP contribution in [0.15, 0.2) is 73.0 Å². The van der Waals surface area contributed by atoms with Crippen LogP contribution < -0.4 is 4.74 Å². The van der Waals surface area contributed by atoms with E-state index < -0.39 is 17.6 Å². The highest BCUT2D eigenvalue weighted by molar-refractivity contribution is 5.69. The molecule has 2 nitrogen and oxygen atoms in total. The van der Waals surface area contributed by atoms with Crippen LogP contribution in [0.3, 0.4) is 0 Å². The average Bonchev–Trinajstić information content (AvgIpc) is 3.21. The monoisotopic (exact) mass is 428 g/mol. The molecular formula is C25H20F4O2. The van der Waals surface area contributed by atoms with Gasteiger partial charge in [0.05, 0.1) is 11.8 Å². The lowest BCUT2D eigenvalue weighted by Crippen LogP contribution is -2.11. The van der Waals surface area contributed by atoms with Gasteiger partial charge in [-0.15, -0.1) is 0 Å². The van der Waals surface area contributed by atoms with E-state index >= 15 is 0 Å². The molecule has 6 heteroatoms. The van der Waals surface area contributed by atoms with Gasteiger partial charge in [-0.05, 0) is 65.8 Å². The fourth-order valence-electron chi connectivity index (χ4n) is 3.59. The fourth-order valence-corrected chi connectivity index (χ4v) is 3.59. The first-order valence-electron chi connectivity index (χ1n) is 9.92. The molecular weight excluding hydrogens is 408 g/mol. The highest BCUT2D eigenvalue weighted by Crippen LogP contribution is 2.36. The normalized spacial score (nSPS) is 13.7. The van der Waals surface area contributed by atoms with Crippen LogP contribution in [0.4, 0.5) is 17.6 Å². The molecule has 0 radical (unpaired) electrons. The summed E-state index contributed by atoms with van der Waals surface area (Å²) in [4.78, 5) is 0. The van der Waals surface area contributed by atoms with Gasteiger partial charge in [-0.25, -0.2) is 4.39 Å². The highest BCUT2D eigenvalue weighted by atomic mass is 19.4. The van der Waals surface area contributed by atoms with Gasteiger partial charge in [0.15, 0.2) is 11.6 Å². The summed E-state index contributed by atoms with van der Waals surface area (Å²) in [7, 11) is 0. The third-order valence-electron chi connectivity index (χ3n) is 5.13. The fraction of sp³-hybridized carbons (Fsp3) is 0.200. The SMILES string of the molecule is Fc1ccc(COC=C(c2ccc3c(c2)CCC3)C(F)(F)F)cc1Oc1ccccc1. The van der Waals surface area contributed by atoms with Crippen molar-refractivity contribution in [2.45, 2.75) is 32.0 Å². The number of fused-ring (bicyclic) bond motifs is 1. The van der Waals surface area contributed by atoms with E-state index in [9.17, 15) is 17.6 Å². The van der Waals surface area contributed by atoms with Crippen LogP contribution in [0.1, 0.15) is 28.7 Å². The van der Waals surface area contributed by atoms with Crippen LogP contribution >= 0.6 is 0 Å². The Labute approximate surface area is 177 Å². The van der Waals surface area contributed by atoms with Gasteiger partial charge >= 0.3 is 6.18 Å². The summed E-state index contributed by atoms with van der Waals surface area (Å²) < 4.78 is 65.7. The number of halogens is 4. The van der Waals surface area contributed by atoms with E-state index in [2.05, 4.69) is 0 Å². The predicted molar refractivity (Wildman–Crippen MR) is 110 cm³/mol. The van der Waals surface area contributed by atoms with Gasteiger partial charge in [0, 0.05) is 0 Å². The first kappa shape index (κ1) is 21.0. The quantitative estimate of drug-likeness (QED) is 0.305. The van der Waals surface area contributed by atoms with Gasteiger partial charge in [0.2, 0.25) is 0 Å². The summed E-state index contributed by atoms with van der Waals surface area (Å²) in [5, 5.41) is 0. The van der Waals surface area contributed by atoms with Crippen LogP contribution in [0.2, 0.25) is 0 Å². The molecule has 0 spiro atoms. The van der Waals surface area contributed by atoms with Crippen molar-refractivity contribution >= 4 is 5.57 Å². The van der Waals surface area contributed by atoms with Crippen molar-refractivity contribution in [1.82, 2.24) is 0 Å². The molecule has 160 valence electrons. The van der Waals surface area contributed by atoms with Crippen LogP contribution in [-0.4, -0.2) is 6.18 Å². The molecule has 0 aliphatic heterocycles. The van der Waals surface area contributed by atoms with E-state index in [-0.39, 0.29) is 17.9 Å². The lowest BCUT2D eigenvalue weighted by Gasteiger charge is -2.14. The molecule has 4 rings (SSSR count). The lowest BCUT2D eigenvalue weighted by molar-refractivity contribution is -0.0704. The zero-order valence-electron chi connectivity index (χ0n) is 16.6. The van der Waals surface area contributed by atoms with Gasteiger partial charge in [0.25, 0.3) is 0 Å². The first-order chi connectivity index (χ1) is 14.9. The number of allylic oxidation sites excluding steroid dienone is 1. The maximum Gasteiger partial charge on any atom is 0.419 e. The Balaban J connectivity index is 1.51.